The van der Waals surface area contributed by atoms with Gasteiger partial charge in [0.05, 0.1) is 27.4 Å². The highest BCUT2D eigenvalue weighted by atomic mass is 19.1. The van der Waals surface area contributed by atoms with Gasteiger partial charge in [-0.05, 0) is 70.0 Å². The van der Waals surface area contributed by atoms with Crippen LogP contribution in [0.5, 0.6) is 11.5 Å². The van der Waals surface area contributed by atoms with Gasteiger partial charge >= 0.3 is 0 Å². The molecule has 3 atom stereocenters. The molecule has 0 aromatic heterocycles. The zero-order chi connectivity index (χ0) is 26.4. The van der Waals surface area contributed by atoms with Gasteiger partial charge in [0.15, 0.2) is 23.1 Å². The van der Waals surface area contributed by atoms with Crippen LogP contribution >= 0.6 is 0 Å². The van der Waals surface area contributed by atoms with E-state index in [1.165, 1.54) is 53.3 Å². The molecule has 0 bridgehead atoms. The average Bonchev–Trinajstić information content (AvgIpc) is 2.93. The topological polar surface area (TPSA) is 30.9 Å². The molecule has 3 aromatic carbocycles. The summed E-state index contributed by atoms with van der Waals surface area (Å²) >= 11 is 0. The Kier molecular flexibility index (Phi) is 6.87. The third-order valence-electron chi connectivity index (χ3n) is 8.73. The average molecular weight is 520 g/mol. The van der Waals surface area contributed by atoms with Crippen LogP contribution < -0.4 is 9.47 Å². The fourth-order valence-corrected chi connectivity index (χ4v) is 6.81. The summed E-state index contributed by atoms with van der Waals surface area (Å²) in [5.74, 6) is -0.864. The number of hydrogen-bond donors (Lipinski definition) is 0. The molecule has 0 amide bonds. The predicted molar refractivity (Wildman–Crippen MR) is 146 cm³/mol. The van der Waals surface area contributed by atoms with Crippen molar-refractivity contribution < 1.29 is 23.0 Å². The van der Waals surface area contributed by atoms with E-state index in [4.69, 9.17) is 14.2 Å². The summed E-state index contributed by atoms with van der Waals surface area (Å²) < 4.78 is 46.8. The van der Waals surface area contributed by atoms with Crippen LogP contribution in [0.25, 0.3) is 16.8 Å². The van der Waals surface area contributed by atoms with Crippen molar-refractivity contribution in [3.63, 3.8) is 0 Å². The quantitative estimate of drug-likeness (QED) is 0.386. The Hall–Kier alpha value is -2.96. The molecule has 2 aliphatic carbocycles. The van der Waals surface area contributed by atoms with Gasteiger partial charge in [0.1, 0.15) is 0 Å². The van der Waals surface area contributed by atoms with Gasteiger partial charge in [-0.2, -0.15) is 0 Å². The van der Waals surface area contributed by atoms with E-state index in [-0.39, 0.29) is 28.9 Å². The third-order valence-corrected chi connectivity index (χ3v) is 8.73. The monoisotopic (exact) mass is 519 g/mol. The Bertz CT molecular complexity index is 1370. The van der Waals surface area contributed by atoms with Crippen LogP contribution in [0.1, 0.15) is 53.0 Å². The van der Waals surface area contributed by atoms with Crippen molar-refractivity contribution in [3.05, 3.63) is 75.9 Å². The molecule has 3 aliphatic rings. The minimum Gasteiger partial charge on any atom is -0.494 e. The largest absolute Gasteiger partial charge is 0.494 e. The fraction of sp³-hybridized carbons (Fsp3) is 0.438. The van der Waals surface area contributed by atoms with E-state index in [9.17, 15) is 0 Å². The molecule has 1 saturated heterocycles. The van der Waals surface area contributed by atoms with Gasteiger partial charge in [0, 0.05) is 31.3 Å². The number of benzene rings is 3. The Morgan fingerprint density at radius 3 is 2.37 bits per heavy atom. The number of methoxy groups -OCH3 is 2. The second kappa shape index (κ2) is 10.3. The van der Waals surface area contributed by atoms with Crippen LogP contribution in [0.15, 0.2) is 36.4 Å². The highest BCUT2D eigenvalue weighted by Crippen LogP contribution is 2.47. The highest BCUT2D eigenvalue weighted by Gasteiger charge is 2.33. The molecule has 1 aliphatic heterocycles. The van der Waals surface area contributed by atoms with Crippen molar-refractivity contribution in [2.24, 2.45) is 5.92 Å². The van der Waals surface area contributed by atoms with Gasteiger partial charge in [-0.3, -0.25) is 4.90 Å². The first-order valence-electron chi connectivity index (χ1n) is 13.6. The maximum Gasteiger partial charge on any atom is 0.171 e. The lowest BCUT2D eigenvalue weighted by Crippen LogP contribution is -2.39. The molecule has 3 aromatic rings. The lowest BCUT2D eigenvalue weighted by atomic mass is 9.72. The fourth-order valence-electron chi connectivity index (χ4n) is 6.81. The summed E-state index contributed by atoms with van der Waals surface area (Å²) in [4.78, 5) is 2.49. The maximum atomic E-state index is 15.4. The number of halogens is 2. The SMILES string of the molecule is COc1cc(OC)c(F)c(C2Cc3c(ccc4c5c(ccc34)CC(CN3CCOCC3)C=C5)C(C)C2)c1F. The molecule has 0 N–H and O–H groups in total. The first-order chi connectivity index (χ1) is 18.5. The smallest absolute Gasteiger partial charge is 0.171 e. The number of hydrogen-bond acceptors (Lipinski definition) is 4. The van der Waals surface area contributed by atoms with Gasteiger partial charge in [0.2, 0.25) is 0 Å². The molecule has 38 heavy (non-hydrogen) atoms. The zero-order valence-corrected chi connectivity index (χ0v) is 22.4. The second-order valence-corrected chi connectivity index (χ2v) is 11.0. The Morgan fingerprint density at radius 1 is 0.947 bits per heavy atom. The summed E-state index contributed by atoms with van der Waals surface area (Å²) in [7, 11) is 2.79. The van der Waals surface area contributed by atoms with Crippen LogP contribution in [0.2, 0.25) is 0 Å². The Labute approximate surface area is 223 Å². The highest BCUT2D eigenvalue weighted by molar-refractivity contribution is 5.95. The summed E-state index contributed by atoms with van der Waals surface area (Å²) in [5, 5.41) is 2.41. The molecule has 0 spiro atoms. The first-order valence-corrected chi connectivity index (χ1v) is 13.6. The lowest BCUT2D eigenvalue weighted by Gasteiger charge is -2.33. The molecular formula is C32H35F2NO3. The van der Waals surface area contributed by atoms with E-state index < -0.39 is 11.6 Å². The lowest BCUT2D eigenvalue weighted by molar-refractivity contribution is 0.0334. The zero-order valence-electron chi connectivity index (χ0n) is 22.4. The van der Waals surface area contributed by atoms with Crippen LogP contribution in [0.3, 0.4) is 0 Å². The molecule has 6 heteroatoms. The van der Waals surface area contributed by atoms with Crippen molar-refractivity contribution >= 4 is 16.8 Å². The molecule has 4 nitrogen and oxygen atoms in total. The predicted octanol–water partition coefficient (Wildman–Crippen LogP) is 6.49. The summed E-state index contributed by atoms with van der Waals surface area (Å²) in [6.07, 6.45) is 6.90. The Morgan fingerprint density at radius 2 is 1.66 bits per heavy atom. The van der Waals surface area contributed by atoms with Crippen molar-refractivity contribution in [1.82, 2.24) is 4.90 Å². The number of fused-ring (bicyclic) bond motifs is 5. The van der Waals surface area contributed by atoms with Crippen molar-refractivity contribution in [1.29, 1.82) is 0 Å². The van der Waals surface area contributed by atoms with E-state index in [2.05, 4.69) is 48.2 Å². The summed E-state index contributed by atoms with van der Waals surface area (Å²) in [6.45, 7) is 6.85. The van der Waals surface area contributed by atoms with E-state index in [1.807, 2.05) is 0 Å². The summed E-state index contributed by atoms with van der Waals surface area (Å²) in [6, 6.07) is 10.2. The van der Waals surface area contributed by atoms with Gasteiger partial charge < -0.3 is 14.2 Å². The Balaban J connectivity index is 1.36. The second-order valence-electron chi connectivity index (χ2n) is 11.0. The van der Waals surface area contributed by atoms with Crippen LogP contribution in [0.4, 0.5) is 8.78 Å². The first kappa shape index (κ1) is 25.3. The van der Waals surface area contributed by atoms with Gasteiger partial charge in [0.25, 0.3) is 0 Å². The molecule has 200 valence electrons. The van der Waals surface area contributed by atoms with E-state index in [1.54, 1.807) is 0 Å². The number of morpholine rings is 1. The molecular weight excluding hydrogens is 484 g/mol. The van der Waals surface area contributed by atoms with Gasteiger partial charge in [-0.1, -0.05) is 43.3 Å². The van der Waals surface area contributed by atoms with Crippen molar-refractivity contribution in [3.8, 4) is 11.5 Å². The van der Waals surface area contributed by atoms with Gasteiger partial charge in [-0.25, -0.2) is 8.78 Å². The van der Waals surface area contributed by atoms with Crippen LogP contribution in [0, 0.1) is 17.6 Å². The standard InChI is InChI=1S/C32H35F2NO3/c1-19-14-22(30-31(33)28(36-2)17-29(37-3)32(30)34)16-27-23(19)8-9-25-24-6-4-20(15-21(24)5-7-26(25)27)18-35-10-12-38-13-11-35/h4-9,17,19-20,22H,10-16,18H2,1-3H3. The molecule has 0 saturated carbocycles. The third kappa shape index (κ3) is 4.38. The molecule has 6 rings (SSSR count). The van der Waals surface area contributed by atoms with Crippen LogP contribution in [-0.4, -0.2) is 52.0 Å². The maximum absolute atomic E-state index is 15.4. The minimum atomic E-state index is -0.627. The van der Waals surface area contributed by atoms with E-state index >= 15 is 8.78 Å². The van der Waals surface area contributed by atoms with E-state index in [0.717, 1.165) is 39.3 Å². The number of ether oxygens (including phenoxy) is 3. The molecule has 1 heterocycles. The normalized spacial score (nSPS) is 23.2. The van der Waals surface area contributed by atoms with Crippen molar-refractivity contribution in [2.45, 2.75) is 38.0 Å². The van der Waals surface area contributed by atoms with Gasteiger partial charge in [-0.15, -0.1) is 0 Å². The molecule has 0 radical (unpaired) electrons. The number of nitrogens with zero attached hydrogens (tertiary/aromatic N) is 1. The van der Waals surface area contributed by atoms with Crippen molar-refractivity contribution in [2.75, 3.05) is 47.1 Å². The number of rotatable bonds is 5. The molecule has 1 fully saturated rings. The van der Waals surface area contributed by atoms with Crippen LogP contribution in [-0.2, 0) is 17.6 Å². The minimum absolute atomic E-state index is 0.0143. The van der Waals surface area contributed by atoms with E-state index in [0.29, 0.717) is 18.8 Å². The summed E-state index contributed by atoms with van der Waals surface area (Å²) in [5.41, 5.74) is 5.18. The molecule has 3 unspecified atom stereocenters.